The molecule has 0 unspecified atom stereocenters. The maximum absolute atomic E-state index is 14.0. The topological polar surface area (TPSA) is 42.2 Å². The normalized spacial score (nSPS) is 10.9. The van der Waals surface area contributed by atoms with Gasteiger partial charge in [-0.2, -0.15) is 5.26 Å². The standard InChI is InChI=1S/C20H17BrFNO2/c1-3-9-25-20-17(21)11-14(12-19(20)24-4-2)10-15(13-23)16-7-5-6-8-18(16)22/h3,5-8,10-12H,1,4,9H2,2H3. The molecule has 128 valence electrons. The summed E-state index contributed by atoms with van der Waals surface area (Å²) >= 11 is 3.46. The molecule has 3 nitrogen and oxygen atoms in total. The Bertz CT molecular complexity index is 840. The molecular formula is C20H17BrFNO2. The Labute approximate surface area is 155 Å². The number of nitrogens with zero attached hydrogens (tertiary/aromatic N) is 1. The summed E-state index contributed by atoms with van der Waals surface area (Å²) in [4.78, 5) is 0. The lowest BCUT2D eigenvalue weighted by molar-refractivity contribution is 0.295. The molecule has 0 saturated carbocycles. The van der Waals surface area contributed by atoms with Crippen molar-refractivity contribution in [3.8, 4) is 17.6 Å². The minimum atomic E-state index is -0.440. The number of nitriles is 1. The first-order valence-corrected chi connectivity index (χ1v) is 8.46. The van der Waals surface area contributed by atoms with Gasteiger partial charge < -0.3 is 9.47 Å². The molecule has 0 heterocycles. The van der Waals surface area contributed by atoms with Crippen molar-refractivity contribution in [2.75, 3.05) is 13.2 Å². The molecule has 0 saturated heterocycles. The minimum Gasteiger partial charge on any atom is -0.490 e. The van der Waals surface area contributed by atoms with Crippen LogP contribution >= 0.6 is 15.9 Å². The first kappa shape index (κ1) is 18.8. The van der Waals surface area contributed by atoms with Gasteiger partial charge in [-0.15, -0.1) is 0 Å². The molecule has 0 fully saturated rings. The Hall–Kier alpha value is -2.58. The molecule has 0 aromatic heterocycles. The predicted octanol–water partition coefficient (Wildman–Crippen LogP) is 5.62. The molecule has 0 aliphatic carbocycles. The molecule has 25 heavy (non-hydrogen) atoms. The first-order valence-electron chi connectivity index (χ1n) is 7.67. The van der Waals surface area contributed by atoms with Gasteiger partial charge in [-0.25, -0.2) is 4.39 Å². The quantitative estimate of drug-likeness (QED) is 0.343. The van der Waals surface area contributed by atoms with Crippen LogP contribution in [0, 0.1) is 17.1 Å². The molecule has 5 heteroatoms. The molecule has 0 aliphatic rings. The van der Waals surface area contributed by atoms with E-state index in [4.69, 9.17) is 9.47 Å². The maximum atomic E-state index is 14.0. The molecule has 2 aromatic rings. The average molecular weight is 402 g/mol. The summed E-state index contributed by atoms with van der Waals surface area (Å²) in [6.45, 7) is 6.30. The van der Waals surface area contributed by atoms with E-state index in [1.54, 1.807) is 42.5 Å². The molecule has 0 atom stereocenters. The van der Waals surface area contributed by atoms with Crippen molar-refractivity contribution in [2.45, 2.75) is 6.92 Å². The molecule has 2 rings (SSSR count). The fourth-order valence-corrected chi connectivity index (χ4v) is 2.81. The van der Waals surface area contributed by atoms with E-state index < -0.39 is 5.82 Å². The van der Waals surface area contributed by atoms with E-state index in [1.807, 2.05) is 13.0 Å². The van der Waals surface area contributed by atoms with Gasteiger partial charge in [0, 0.05) is 5.56 Å². The molecule has 2 aromatic carbocycles. The van der Waals surface area contributed by atoms with Gasteiger partial charge in [0.05, 0.1) is 22.7 Å². The number of hydrogen-bond acceptors (Lipinski definition) is 3. The average Bonchev–Trinajstić information content (AvgIpc) is 2.60. The van der Waals surface area contributed by atoms with Crippen molar-refractivity contribution in [3.05, 3.63) is 70.5 Å². The number of ether oxygens (including phenoxy) is 2. The van der Waals surface area contributed by atoms with Gasteiger partial charge in [-0.1, -0.05) is 30.9 Å². The third-order valence-corrected chi connectivity index (χ3v) is 3.86. The molecule has 0 radical (unpaired) electrons. The highest BCUT2D eigenvalue weighted by Gasteiger charge is 2.13. The van der Waals surface area contributed by atoms with Crippen LogP contribution in [0.4, 0.5) is 4.39 Å². The molecule has 0 bridgehead atoms. The zero-order valence-corrected chi connectivity index (χ0v) is 15.3. The lowest BCUT2D eigenvalue weighted by Crippen LogP contribution is -2.00. The van der Waals surface area contributed by atoms with E-state index in [9.17, 15) is 9.65 Å². The Balaban J connectivity index is 2.49. The first-order chi connectivity index (χ1) is 12.1. The van der Waals surface area contributed by atoms with Gasteiger partial charge in [-0.3, -0.25) is 0 Å². The van der Waals surface area contributed by atoms with Crippen LogP contribution in [-0.4, -0.2) is 13.2 Å². The van der Waals surface area contributed by atoms with Crippen molar-refractivity contribution < 1.29 is 13.9 Å². The summed E-state index contributed by atoms with van der Waals surface area (Å²) in [6.07, 6.45) is 3.25. The summed E-state index contributed by atoms with van der Waals surface area (Å²) in [7, 11) is 0. The third-order valence-electron chi connectivity index (χ3n) is 3.27. The molecular weight excluding hydrogens is 385 g/mol. The fraction of sp³-hybridized carbons (Fsp3) is 0.150. The van der Waals surface area contributed by atoms with Crippen molar-refractivity contribution >= 4 is 27.6 Å². The molecule has 0 spiro atoms. The lowest BCUT2D eigenvalue weighted by Gasteiger charge is -2.14. The van der Waals surface area contributed by atoms with Gasteiger partial charge >= 0.3 is 0 Å². The highest BCUT2D eigenvalue weighted by Crippen LogP contribution is 2.38. The zero-order valence-electron chi connectivity index (χ0n) is 13.8. The van der Waals surface area contributed by atoms with Crippen molar-refractivity contribution in [3.63, 3.8) is 0 Å². The molecule has 0 amide bonds. The number of rotatable bonds is 7. The fourth-order valence-electron chi connectivity index (χ4n) is 2.23. The molecule has 0 N–H and O–H groups in total. The van der Waals surface area contributed by atoms with E-state index in [0.29, 0.717) is 34.7 Å². The van der Waals surface area contributed by atoms with Crippen LogP contribution in [-0.2, 0) is 0 Å². The monoisotopic (exact) mass is 401 g/mol. The summed E-state index contributed by atoms with van der Waals surface area (Å²) in [6, 6.07) is 11.8. The summed E-state index contributed by atoms with van der Waals surface area (Å²) in [5.74, 6) is 0.657. The van der Waals surface area contributed by atoms with Crippen molar-refractivity contribution in [1.29, 1.82) is 5.26 Å². The minimum absolute atomic E-state index is 0.229. The Morgan fingerprint density at radius 3 is 2.72 bits per heavy atom. The highest BCUT2D eigenvalue weighted by atomic mass is 79.9. The van der Waals surface area contributed by atoms with Crippen molar-refractivity contribution in [2.24, 2.45) is 0 Å². The van der Waals surface area contributed by atoms with Crippen molar-refractivity contribution in [1.82, 2.24) is 0 Å². The maximum Gasteiger partial charge on any atom is 0.175 e. The second-order valence-corrected chi connectivity index (χ2v) is 5.87. The van der Waals surface area contributed by atoms with E-state index in [-0.39, 0.29) is 11.1 Å². The van der Waals surface area contributed by atoms with Crippen LogP contribution in [0.3, 0.4) is 0 Å². The van der Waals surface area contributed by atoms with Crippen LogP contribution in [0.25, 0.3) is 11.6 Å². The van der Waals surface area contributed by atoms with Crippen LogP contribution < -0.4 is 9.47 Å². The summed E-state index contributed by atoms with van der Waals surface area (Å²) in [5, 5.41) is 9.41. The summed E-state index contributed by atoms with van der Waals surface area (Å²) in [5.41, 5.74) is 1.18. The zero-order chi connectivity index (χ0) is 18.2. The van der Waals surface area contributed by atoms with Crippen LogP contribution in [0.5, 0.6) is 11.5 Å². The van der Waals surface area contributed by atoms with E-state index in [2.05, 4.69) is 22.5 Å². The van der Waals surface area contributed by atoms with Gasteiger partial charge in [0.25, 0.3) is 0 Å². The Morgan fingerprint density at radius 1 is 1.32 bits per heavy atom. The second kappa shape index (κ2) is 9.05. The molecule has 0 aliphatic heterocycles. The highest BCUT2D eigenvalue weighted by molar-refractivity contribution is 9.10. The Kier molecular flexibility index (Phi) is 6.79. The number of benzene rings is 2. The number of hydrogen-bond donors (Lipinski definition) is 0. The van der Waals surface area contributed by atoms with Gasteiger partial charge in [0.2, 0.25) is 0 Å². The van der Waals surface area contributed by atoms with Crippen LogP contribution in [0.2, 0.25) is 0 Å². The van der Waals surface area contributed by atoms with E-state index in [1.165, 1.54) is 6.07 Å². The van der Waals surface area contributed by atoms with E-state index >= 15 is 0 Å². The van der Waals surface area contributed by atoms with Gasteiger partial charge in [0.15, 0.2) is 11.5 Å². The van der Waals surface area contributed by atoms with Crippen LogP contribution in [0.1, 0.15) is 18.1 Å². The van der Waals surface area contributed by atoms with E-state index in [0.717, 1.165) is 0 Å². The Morgan fingerprint density at radius 2 is 2.08 bits per heavy atom. The number of halogens is 2. The van der Waals surface area contributed by atoms with Crippen LogP contribution in [0.15, 0.2) is 53.5 Å². The van der Waals surface area contributed by atoms with Gasteiger partial charge in [-0.05, 0) is 52.7 Å². The predicted molar refractivity (Wildman–Crippen MR) is 101 cm³/mol. The third kappa shape index (κ3) is 4.71. The number of allylic oxidation sites excluding steroid dienone is 1. The van der Waals surface area contributed by atoms with Gasteiger partial charge in [0.1, 0.15) is 12.4 Å². The smallest absolute Gasteiger partial charge is 0.175 e. The lowest BCUT2D eigenvalue weighted by atomic mass is 10.0. The largest absolute Gasteiger partial charge is 0.490 e. The summed E-state index contributed by atoms with van der Waals surface area (Å²) < 4.78 is 25.9. The SMILES string of the molecule is C=CCOc1c(Br)cc(C=C(C#N)c2ccccc2F)cc1OCC. The second-order valence-electron chi connectivity index (χ2n) is 5.01.